The molecule has 14 heavy (non-hydrogen) atoms. The van der Waals surface area contributed by atoms with Gasteiger partial charge < -0.3 is 0 Å². The number of benzene rings is 1. The second kappa shape index (κ2) is 4.37. The third-order valence-corrected chi connectivity index (χ3v) is 3.33. The highest BCUT2D eigenvalue weighted by atomic mass is 35.5. The van der Waals surface area contributed by atoms with Crippen molar-refractivity contribution < 1.29 is 0 Å². The van der Waals surface area contributed by atoms with Crippen LogP contribution >= 0.6 is 23.4 Å². The number of fused-ring (bicyclic) bond motifs is 1. The van der Waals surface area contributed by atoms with E-state index in [1.165, 1.54) is 11.1 Å². The fraction of sp³-hybridized carbons (Fsp3) is 0.364. The first-order valence-corrected chi connectivity index (χ1v) is 6.29. The lowest BCUT2D eigenvalue weighted by atomic mass is 10.0. The predicted molar refractivity (Wildman–Crippen MR) is 64.7 cm³/mol. The van der Waals surface area contributed by atoms with Crippen LogP contribution in [0.1, 0.15) is 17.5 Å². The number of hydrogen-bond acceptors (Lipinski definition) is 2. The molecule has 0 amide bonds. The Morgan fingerprint density at radius 3 is 3.07 bits per heavy atom. The number of nitrogens with zero attached hydrogens (tertiary/aromatic N) is 1. The van der Waals surface area contributed by atoms with Crippen LogP contribution in [0, 0.1) is 0 Å². The van der Waals surface area contributed by atoms with Gasteiger partial charge in [-0.25, -0.2) is 0 Å². The van der Waals surface area contributed by atoms with E-state index in [-0.39, 0.29) is 0 Å². The summed E-state index contributed by atoms with van der Waals surface area (Å²) in [6, 6.07) is 6.11. The van der Waals surface area contributed by atoms with Gasteiger partial charge in [-0.1, -0.05) is 17.7 Å². The highest BCUT2D eigenvalue weighted by molar-refractivity contribution is 8.13. The molecule has 0 saturated carbocycles. The van der Waals surface area contributed by atoms with E-state index in [1.807, 2.05) is 12.1 Å². The lowest BCUT2D eigenvalue weighted by Crippen LogP contribution is -1.98. The zero-order chi connectivity index (χ0) is 9.97. The Hall–Kier alpha value is -0.470. The lowest BCUT2D eigenvalue weighted by molar-refractivity contribution is 0.845. The van der Waals surface area contributed by atoms with Crippen molar-refractivity contribution in [2.45, 2.75) is 12.8 Å². The Morgan fingerprint density at radius 1 is 1.43 bits per heavy atom. The summed E-state index contributed by atoms with van der Waals surface area (Å²) in [5.41, 5.74) is 2.60. The maximum Gasteiger partial charge on any atom is 0.0977 e. The van der Waals surface area contributed by atoms with Crippen molar-refractivity contribution in [2.75, 3.05) is 12.8 Å². The summed E-state index contributed by atoms with van der Waals surface area (Å²) in [6.45, 7) is 0.933. The maximum absolute atomic E-state index is 5.99. The molecule has 0 saturated heterocycles. The van der Waals surface area contributed by atoms with Crippen LogP contribution in [0.5, 0.6) is 0 Å². The Morgan fingerprint density at radius 2 is 2.29 bits per heavy atom. The van der Waals surface area contributed by atoms with Gasteiger partial charge in [0, 0.05) is 17.1 Å². The monoisotopic (exact) mass is 225 g/mol. The molecule has 0 spiro atoms. The van der Waals surface area contributed by atoms with Crippen LogP contribution in [0.3, 0.4) is 0 Å². The molecule has 1 aliphatic rings. The second-order valence-electron chi connectivity index (χ2n) is 3.30. The van der Waals surface area contributed by atoms with Crippen LogP contribution in [0.2, 0.25) is 5.02 Å². The average Bonchev–Trinajstić information content (AvgIpc) is 2.39. The molecule has 1 aliphatic heterocycles. The molecule has 0 atom stereocenters. The standard InChI is InChI=1S/C11H12ClNS/c1-14-11-10-7-9(12)5-4-8(10)3-2-6-13-11/h4-5,7H,2-3,6H2,1H3. The van der Waals surface area contributed by atoms with E-state index < -0.39 is 0 Å². The Bertz CT molecular complexity index is 374. The molecule has 0 fully saturated rings. The Balaban J connectivity index is 2.51. The van der Waals surface area contributed by atoms with Crippen molar-refractivity contribution in [2.24, 2.45) is 4.99 Å². The van der Waals surface area contributed by atoms with Crippen LogP contribution in [-0.2, 0) is 6.42 Å². The molecule has 1 aromatic carbocycles. The molecule has 1 heterocycles. The molecule has 74 valence electrons. The molecular formula is C11H12ClNS. The second-order valence-corrected chi connectivity index (χ2v) is 4.53. The van der Waals surface area contributed by atoms with Gasteiger partial charge >= 0.3 is 0 Å². The Labute approximate surface area is 93.6 Å². The quantitative estimate of drug-likeness (QED) is 0.659. The molecule has 0 bridgehead atoms. The normalized spacial score (nSPS) is 15.7. The van der Waals surface area contributed by atoms with Crippen molar-refractivity contribution in [3.8, 4) is 0 Å². The van der Waals surface area contributed by atoms with E-state index in [2.05, 4.69) is 17.3 Å². The first kappa shape index (κ1) is 10.1. The van der Waals surface area contributed by atoms with Gasteiger partial charge in [-0.05, 0) is 36.8 Å². The van der Waals surface area contributed by atoms with Crippen molar-refractivity contribution in [1.29, 1.82) is 0 Å². The number of rotatable bonds is 0. The van der Waals surface area contributed by atoms with E-state index in [9.17, 15) is 0 Å². The molecule has 0 N–H and O–H groups in total. The van der Waals surface area contributed by atoms with Gasteiger partial charge in [-0.2, -0.15) is 0 Å². The predicted octanol–water partition coefficient (Wildman–Crippen LogP) is 3.40. The minimum atomic E-state index is 0.799. The highest BCUT2D eigenvalue weighted by Crippen LogP contribution is 2.24. The van der Waals surface area contributed by atoms with E-state index in [1.54, 1.807) is 11.8 Å². The highest BCUT2D eigenvalue weighted by Gasteiger charge is 2.11. The summed E-state index contributed by atoms with van der Waals surface area (Å²) in [5, 5.41) is 1.92. The van der Waals surface area contributed by atoms with Crippen LogP contribution < -0.4 is 0 Å². The molecule has 3 heteroatoms. The molecule has 0 unspecified atom stereocenters. The van der Waals surface area contributed by atoms with E-state index >= 15 is 0 Å². The summed E-state index contributed by atoms with van der Waals surface area (Å²) < 4.78 is 0. The molecule has 0 radical (unpaired) electrons. The van der Waals surface area contributed by atoms with Gasteiger partial charge in [0.15, 0.2) is 0 Å². The van der Waals surface area contributed by atoms with E-state index in [0.717, 1.165) is 29.5 Å². The first-order chi connectivity index (χ1) is 6.81. The summed E-state index contributed by atoms with van der Waals surface area (Å²) in [5.74, 6) is 0. The third kappa shape index (κ3) is 1.96. The van der Waals surface area contributed by atoms with Gasteiger partial charge in [0.05, 0.1) is 5.04 Å². The lowest BCUT2D eigenvalue weighted by Gasteiger charge is -2.07. The van der Waals surface area contributed by atoms with Gasteiger partial charge in [0.25, 0.3) is 0 Å². The third-order valence-electron chi connectivity index (χ3n) is 2.36. The number of thioether (sulfide) groups is 1. The molecular weight excluding hydrogens is 214 g/mol. The van der Waals surface area contributed by atoms with Gasteiger partial charge in [0.2, 0.25) is 0 Å². The number of hydrogen-bond donors (Lipinski definition) is 0. The van der Waals surface area contributed by atoms with Crippen LogP contribution in [0.4, 0.5) is 0 Å². The number of aliphatic imine (C=N–C) groups is 1. The molecule has 2 rings (SSSR count). The first-order valence-electron chi connectivity index (χ1n) is 4.68. The smallest absolute Gasteiger partial charge is 0.0977 e. The van der Waals surface area contributed by atoms with Crippen LogP contribution in [0.15, 0.2) is 23.2 Å². The summed E-state index contributed by atoms with van der Waals surface area (Å²) in [6.07, 6.45) is 4.31. The molecule has 0 aliphatic carbocycles. The van der Waals surface area contributed by atoms with Crippen molar-refractivity contribution >= 4 is 28.4 Å². The van der Waals surface area contributed by atoms with Gasteiger partial charge in [-0.15, -0.1) is 11.8 Å². The molecule has 0 aromatic heterocycles. The summed E-state index contributed by atoms with van der Waals surface area (Å²) >= 11 is 7.69. The van der Waals surface area contributed by atoms with Gasteiger partial charge in [-0.3, -0.25) is 4.99 Å². The fourth-order valence-corrected chi connectivity index (χ4v) is 2.48. The number of aryl methyl sites for hydroxylation is 1. The SMILES string of the molecule is CSC1=NCCCc2ccc(Cl)cc21. The topological polar surface area (TPSA) is 12.4 Å². The van der Waals surface area contributed by atoms with Crippen LogP contribution in [-0.4, -0.2) is 17.8 Å². The zero-order valence-corrected chi connectivity index (χ0v) is 9.66. The van der Waals surface area contributed by atoms with Gasteiger partial charge in [0.1, 0.15) is 0 Å². The zero-order valence-electron chi connectivity index (χ0n) is 8.09. The van der Waals surface area contributed by atoms with Crippen LogP contribution in [0.25, 0.3) is 0 Å². The summed E-state index contributed by atoms with van der Waals surface area (Å²) in [7, 11) is 0. The Kier molecular flexibility index (Phi) is 3.14. The molecule has 1 nitrogen and oxygen atoms in total. The average molecular weight is 226 g/mol. The number of halogens is 1. The minimum Gasteiger partial charge on any atom is -0.278 e. The largest absolute Gasteiger partial charge is 0.278 e. The minimum absolute atomic E-state index is 0.799. The fourth-order valence-electron chi connectivity index (χ4n) is 1.68. The van der Waals surface area contributed by atoms with Crippen molar-refractivity contribution in [3.63, 3.8) is 0 Å². The van der Waals surface area contributed by atoms with E-state index in [0.29, 0.717) is 0 Å². The molecule has 1 aromatic rings. The summed E-state index contributed by atoms with van der Waals surface area (Å²) in [4.78, 5) is 4.55. The maximum atomic E-state index is 5.99. The van der Waals surface area contributed by atoms with Crippen molar-refractivity contribution in [3.05, 3.63) is 34.3 Å². The van der Waals surface area contributed by atoms with E-state index in [4.69, 9.17) is 11.6 Å². The van der Waals surface area contributed by atoms with Crippen molar-refractivity contribution in [1.82, 2.24) is 0 Å².